The van der Waals surface area contributed by atoms with Crippen LogP contribution in [-0.2, 0) is 13.2 Å². The van der Waals surface area contributed by atoms with Gasteiger partial charge in [0, 0.05) is 25.0 Å². The van der Waals surface area contributed by atoms with Crippen molar-refractivity contribution in [1.82, 2.24) is 14.9 Å². The molecule has 0 bridgehead atoms. The Kier molecular flexibility index (Phi) is 5.39. The Morgan fingerprint density at radius 3 is 2.46 bits per heavy atom. The normalized spacial score (nSPS) is 12.5. The highest BCUT2D eigenvalue weighted by atomic mass is 19.4. The van der Waals surface area contributed by atoms with Gasteiger partial charge in [0.25, 0.3) is 5.91 Å². The molecule has 8 heteroatoms. The van der Waals surface area contributed by atoms with Crippen LogP contribution < -0.4 is 10.1 Å². The molecule has 0 saturated heterocycles. The number of imidazole rings is 1. The fourth-order valence-corrected chi connectivity index (χ4v) is 2.80. The zero-order chi connectivity index (χ0) is 20.3. The zero-order valence-corrected chi connectivity index (χ0v) is 15.2. The molecule has 0 saturated carbocycles. The molecule has 3 rings (SSSR count). The molecule has 0 aliphatic carbocycles. The smallest absolute Gasteiger partial charge is 0.416 e. The molecule has 5 nitrogen and oxygen atoms in total. The van der Waals surface area contributed by atoms with Gasteiger partial charge in [-0.2, -0.15) is 13.2 Å². The summed E-state index contributed by atoms with van der Waals surface area (Å²) < 4.78 is 45.2. The third-order valence-electron chi connectivity index (χ3n) is 4.29. The predicted octanol–water partition coefficient (Wildman–Crippen LogP) is 3.97. The van der Waals surface area contributed by atoms with Crippen LogP contribution in [0.2, 0.25) is 0 Å². The number of alkyl halides is 3. The molecule has 3 aromatic rings. The summed E-state index contributed by atoms with van der Waals surface area (Å²) in [5.41, 5.74) is 0.0431. The molecule has 0 spiro atoms. The number of benzene rings is 2. The number of aryl methyl sites for hydroxylation is 1. The summed E-state index contributed by atoms with van der Waals surface area (Å²) in [4.78, 5) is 17.0. The van der Waals surface area contributed by atoms with E-state index >= 15 is 0 Å². The van der Waals surface area contributed by atoms with Crippen molar-refractivity contribution in [3.05, 3.63) is 83.4 Å². The summed E-state index contributed by atoms with van der Waals surface area (Å²) in [6.07, 6.45) is -1.11. The number of rotatable bonds is 5. The van der Waals surface area contributed by atoms with Gasteiger partial charge in [0.1, 0.15) is 17.6 Å². The molecular formula is C20H18F3N3O2. The average Bonchev–Trinajstić information content (AvgIpc) is 3.11. The Balaban J connectivity index is 1.91. The zero-order valence-electron chi connectivity index (χ0n) is 15.2. The van der Waals surface area contributed by atoms with Crippen LogP contribution in [-0.4, -0.2) is 22.6 Å². The Bertz CT molecular complexity index is 965. The van der Waals surface area contributed by atoms with E-state index in [1.54, 1.807) is 42.2 Å². The van der Waals surface area contributed by atoms with Crippen LogP contribution in [0.1, 0.15) is 33.4 Å². The molecule has 1 amide bonds. The molecule has 0 aliphatic rings. The lowest BCUT2D eigenvalue weighted by molar-refractivity contribution is -0.137. The Labute approximate surface area is 159 Å². The van der Waals surface area contributed by atoms with Crippen molar-refractivity contribution < 1.29 is 22.7 Å². The number of halogens is 3. The minimum atomic E-state index is -4.45. The van der Waals surface area contributed by atoms with Gasteiger partial charge in [0.15, 0.2) is 0 Å². The summed E-state index contributed by atoms with van der Waals surface area (Å²) in [5, 5.41) is 2.84. The summed E-state index contributed by atoms with van der Waals surface area (Å²) >= 11 is 0. The molecule has 2 aromatic carbocycles. The van der Waals surface area contributed by atoms with Gasteiger partial charge >= 0.3 is 6.18 Å². The summed E-state index contributed by atoms with van der Waals surface area (Å²) in [7, 11) is 3.33. The van der Waals surface area contributed by atoms with Gasteiger partial charge in [0.2, 0.25) is 0 Å². The average molecular weight is 389 g/mol. The lowest BCUT2D eigenvalue weighted by atomic mass is 10.0. The second kappa shape index (κ2) is 7.75. The monoisotopic (exact) mass is 389 g/mol. The summed E-state index contributed by atoms with van der Waals surface area (Å²) in [5.74, 6) is 0.679. The lowest BCUT2D eigenvalue weighted by Gasteiger charge is -2.20. The largest absolute Gasteiger partial charge is 0.497 e. The number of ether oxygens (including phenoxy) is 1. The number of carbonyl (C=O) groups excluding carboxylic acids is 1. The third kappa shape index (κ3) is 4.16. The molecule has 1 aromatic heterocycles. The van der Waals surface area contributed by atoms with E-state index in [9.17, 15) is 18.0 Å². The van der Waals surface area contributed by atoms with Crippen molar-refractivity contribution in [2.24, 2.45) is 7.05 Å². The Hall–Kier alpha value is -3.29. The molecule has 1 atom stereocenters. The molecule has 1 unspecified atom stereocenters. The van der Waals surface area contributed by atoms with Gasteiger partial charge in [0.05, 0.1) is 12.7 Å². The summed E-state index contributed by atoms with van der Waals surface area (Å²) in [6, 6.07) is 10.6. The van der Waals surface area contributed by atoms with Crippen LogP contribution >= 0.6 is 0 Å². The number of hydrogen-bond donors (Lipinski definition) is 1. The van der Waals surface area contributed by atoms with Crippen LogP contribution in [0.4, 0.5) is 13.2 Å². The highest BCUT2D eigenvalue weighted by Gasteiger charge is 2.30. The van der Waals surface area contributed by atoms with E-state index in [0.717, 1.165) is 29.8 Å². The van der Waals surface area contributed by atoms with Crippen LogP contribution in [0.25, 0.3) is 0 Å². The second-order valence-electron chi connectivity index (χ2n) is 6.15. The first kappa shape index (κ1) is 19.5. The number of hydrogen-bond acceptors (Lipinski definition) is 3. The lowest BCUT2D eigenvalue weighted by Crippen LogP contribution is -2.31. The summed E-state index contributed by atoms with van der Waals surface area (Å²) in [6.45, 7) is 0. The van der Waals surface area contributed by atoms with Gasteiger partial charge in [-0.1, -0.05) is 12.1 Å². The van der Waals surface area contributed by atoms with Crippen molar-refractivity contribution in [3.8, 4) is 5.75 Å². The molecule has 0 fully saturated rings. The van der Waals surface area contributed by atoms with Crippen molar-refractivity contribution in [2.75, 3.05) is 7.11 Å². The number of aromatic nitrogens is 2. The standard InChI is InChI=1S/C20H18F3N3O2/c1-26-11-10-24-18(26)17(14-4-3-5-16(12-14)28-2)25-19(27)13-6-8-15(9-7-13)20(21,22)23/h3-12,17H,1-2H3,(H,25,27). The highest BCUT2D eigenvalue weighted by molar-refractivity contribution is 5.94. The van der Waals surface area contributed by atoms with Crippen LogP contribution in [0.5, 0.6) is 5.75 Å². The molecular weight excluding hydrogens is 371 g/mol. The molecule has 1 heterocycles. The van der Waals surface area contributed by atoms with Gasteiger partial charge in [-0.25, -0.2) is 4.98 Å². The van der Waals surface area contributed by atoms with E-state index in [1.165, 1.54) is 7.11 Å². The Morgan fingerprint density at radius 1 is 1.18 bits per heavy atom. The van der Waals surface area contributed by atoms with Gasteiger partial charge in [-0.15, -0.1) is 0 Å². The maximum absolute atomic E-state index is 12.7. The van der Waals surface area contributed by atoms with Gasteiger partial charge in [-0.05, 0) is 42.0 Å². The van der Waals surface area contributed by atoms with E-state index in [2.05, 4.69) is 10.3 Å². The molecule has 1 N–H and O–H groups in total. The maximum Gasteiger partial charge on any atom is 0.416 e. The first-order valence-electron chi connectivity index (χ1n) is 8.39. The number of methoxy groups -OCH3 is 1. The van der Waals surface area contributed by atoms with Crippen molar-refractivity contribution in [2.45, 2.75) is 12.2 Å². The first-order chi connectivity index (χ1) is 13.3. The third-order valence-corrected chi connectivity index (χ3v) is 4.29. The fraction of sp³-hybridized carbons (Fsp3) is 0.200. The molecule has 28 heavy (non-hydrogen) atoms. The van der Waals surface area contributed by atoms with Crippen LogP contribution in [0.3, 0.4) is 0 Å². The highest BCUT2D eigenvalue weighted by Crippen LogP contribution is 2.29. The van der Waals surface area contributed by atoms with Gasteiger partial charge in [-0.3, -0.25) is 4.79 Å². The predicted molar refractivity (Wildman–Crippen MR) is 97.0 cm³/mol. The van der Waals surface area contributed by atoms with Crippen molar-refractivity contribution in [3.63, 3.8) is 0 Å². The SMILES string of the molecule is COc1cccc(C(NC(=O)c2ccc(C(F)(F)F)cc2)c2nccn2C)c1. The molecule has 0 radical (unpaired) electrons. The topological polar surface area (TPSA) is 56.1 Å². The van der Waals surface area contributed by atoms with E-state index in [4.69, 9.17) is 4.74 Å². The maximum atomic E-state index is 12.7. The molecule has 146 valence electrons. The molecule has 0 aliphatic heterocycles. The van der Waals surface area contributed by atoms with E-state index in [1.807, 2.05) is 6.07 Å². The number of amides is 1. The van der Waals surface area contributed by atoms with Crippen molar-refractivity contribution >= 4 is 5.91 Å². The van der Waals surface area contributed by atoms with Gasteiger partial charge < -0.3 is 14.6 Å². The van der Waals surface area contributed by atoms with Crippen molar-refractivity contribution in [1.29, 1.82) is 0 Å². The van der Waals surface area contributed by atoms with Crippen LogP contribution in [0, 0.1) is 0 Å². The number of carbonyl (C=O) groups is 1. The Morgan fingerprint density at radius 2 is 1.89 bits per heavy atom. The quantitative estimate of drug-likeness (QED) is 0.719. The number of nitrogens with zero attached hydrogens (tertiary/aromatic N) is 2. The first-order valence-corrected chi connectivity index (χ1v) is 8.39. The minimum absolute atomic E-state index is 0.120. The fourth-order valence-electron chi connectivity index (χ4n) is 2.80. The van der Waals surface area contributed by atoms with E-state index in [-0.39, 0.29) is 5.56 Å². The second-order valence-corrected chi connectivity index (χ2v) is 6.15. The van der Waals surface area contributed by atoms with E-state index in [0.29, 0.717) is 11.6 Å². The van der Waals surface area contributed by atoms with E-state index < -0.39 is 23.7 Å². The number of nitrogens with one attached hydrogen (secondary N) is 1. The minimum Gasteiger partial charge on any atom is -0.497 e. The van der Waals surface area contributed by atoms with Crippen LogP contribution in [0.15, 0.2) is 60.9 Å².